The Hall–Kier alpha value is -0.760. The Labute approximate surface area is 155 Å². The number of aromatic nitrogens is 3. The SMILES string of the molecule is Cn1c(C[C@@H]2CCS(=O)(=O)C2)nnc1SCc1ccc(Cl)c(Cl)c1. The van der Waals surface area contributed by atoms with Crippen LogP contribution >= 0.6 is 35.0 Å². The summed E-state index contributed by atoms with van der Waals surface area (Å²) in [4.78, 5) is 0. The highest BCUT2D eigenvalue weighted by atomic mass is 35.5. The maximum Gasteiger partial charge on any atom is 0.191 e. The molecular weight excluding hydrogens is 389 g/mol. The molecule has 0 spiro atoms. The van der Waals surface area contributed by atoms with Crippen molar-refractivity contribution in [2.24, 2.45) is 13.0 Å². The molecule has 3 rings (SSSR count). The Kier molecular flexibility index (Phi) is 5.44. The summed E-state index contributed by atoms with van der Waals surface area (Å²) in [5, 5.41) is 10.3. The molecule has 130 valence electrons. The molecule has 2 heterocycles. The Morgan fingerprint density at radius 2 is 2.08 bits per heavy atom. The van der Waals surface area contributed by atoms with E-state index in [0.29, 0.717) is 28.6 Å². The second-order valence-electron chi connectivity index (χ2n) is 5.97. The largest absolute Gasteiger partial charge is 0.309 e. The first kappa shape index (κ1) is 18.0. The minimum Gasteiger partial charge on any atom is -0.309 e. The van der Waals surface area contributed by atoms with Gasteiger partial charge >= 0.3 is 0 Å². The third-order valence-corrected chi connectivity index (χ3v) is 7.74. The number of sulfone groups is 1. The first-order valence-electron chi connectivity index (χ1n) is 7.49. The van der Waals surface area contributed by atoms with E-state index in [0.717, 1.165) is 16.5 Å². The molecule has 0 radical (unpaired) electrons. The molecule has 1 aliphatic heterocycles. The van der Waals surface area contributed by atoms with Crippen LogP contribution in [0.15, 0.2) is 23.4 Å². The molecule has 0 aliphatic carbocycles. The lowest BCUT2D eigenvalue weighted by Crippen LogP contribution is -2.11. The molecule has 5 nitrogen and oxygen atoms in total. The highest BCUT2D eigenvalue weighted by molar-refractivity contribution is 7.98. The van der Waals surface area contributed by atoms with Crippen molar-refractivity contribution < 1.29 is 8.42 Å². The van der Waals surface area contributed by atoms with E-state index in [4.69, 9.17) is 23.2 Å². The summed E-state index contributed by atoms with van der Waals surface area (Å²) in [7, 11) is -0.949. The zero-order chi connectivity index (χ0) is 17.3. The third-order valence-electron chi connectivity index (χ3n) is 4.08. The number of hydrogen-bond acceptors (Lipinski definition) is 5. The highest BCUT2D eigenvalue weighted by Crippen LogP contribution is 2.28. The summed E-state index contributed by atoms with van der Waals surface area (Å²) in [5.74, 6) is 2.22. The molecule has 24 heavy (non-hydrogen) atoms. The van der Waals surface area contributed by atoms with Crippen LogP contribution < -0.4 is 0 Å². The van der Waals surface area contributed by atoms with Gasteiger partial charge in [-0.25, -0.2) is 8.42 Å². The summed E-state index contributed by atoms with van der Waals surface area (Å²) in [5.41, 5.74) is 1.06. The Balaban J connectivity index is 1.63. The van der Waals surface area contributed by atoms with Crippen molar-refractivity contribution in [2.75, 3.05) is 11.5 Å². The van der Waals surface area contributed by atoms with Gasteiger partial charge in [0.2, 0.25) is 0 Å². The molecule has 1 aromatic heterocycles. The monoisotopic (exact) mass is 405 g/mol. The lowest BCUT2D eigenvalue weighted by atomic mass is 10.1. The number of benzene rings is 1. The number of halogens is 2. The van der Waals surface area contributed by atoms with Gasteiger partial charge in [-0.15, -0.1) is 10.2 Å². The van der Waals surface area contributed by atoms with Crippen molar-refractivity contribution >= 4 is 44.8 Å². The van der Waals surface area contributed by atoms with Crippen LogP contribution in [0.2, 0.25) is 10.0 Å². The molecule has 2 aromatic rings. The topological polar surface area (TPSA) is 64.8 Å². The summed E-state index contributed by atoms with van der Waals surface area (Å²) in [6, 6.07) is 5.56. The number of hydrogen-bond donors (Lipinski definition) is 0. The standard InChI is InChI=1S/C15H17Cl2N3O2S2/c1-20-14(7-11-4-5-24(21,22)9-11)18-19-15(20)23-8-10-2-3-12(16)13(17)6-10/h2-3,6,11H,4-5,7-9H2,1H3/t11-/m0/s1. The Bertz CT molecular complexity index is 852. The van der Waals surface area contributed by atoms with Gasteiger partial charge < -0.3 is 4.57 Å². The van der Waals surface area contributed by atoms with Crippen LogP contribution in [0.25, 0.3) is 0 Å². The first-order valence-corrected chi connectivity index (χ1v) is 11.1. The van der Waals surface area contributed by atoms with Crippen LogP contribution in [0.4, 0.5) is 0 Å². The van der Waals surface area contributed by atoms with Gasteiger partial charge in [0.25, 0.3) is 0 Å². The fourth-order valence-corrected chi connectivity index (χ4v) is 5.77. The minimum atomic E-state index is -2.86. The summed E-state index contributed by atoms with van der Waals surface area (Å²) < 4.78 is 25.1. The molecule has 9 heteroatoms. The molecule has 0 bridgehead atoms. The average molecular weight is 406 g/mol. The zero-order valence-corrected chi connectivity index (χ0v) is 16.2. The van der Waals surface area contributed by atoms with E-state index in [1.807, 2.05) is 23.7 Å². The quantitative estimate of drug-likeness (QED) is 0.713. The van der Waals surface area contributed by atoms with Crippen molar-refractivity contribution in [1.29, 1.82) is 0 Å². The predicted molar refractivity (Wildman–Crippen MR) is 97.5 cm³/mol. The van der Waals surface area contributed by atoms with E-state index in [1.165, 1.54) is 0 Å². The molecular formula is C15H17Cl2N3O2S2. The lowest BCUT2D eigenvalue weighted by Gasteiger charge is -2.08. The molecule has 0 saturated carbocycles. The van der Waals surface area contributed by atoms with Crippen LogP contribution in [0, 0.1) is 5.92 Å². The summed E-state index contributed by atoms with van der Waals surface area (Å²) >= 11 is 13.5. The van der Waals surface area contributed by atoms with E-state index in [2.05, 4.69) is 10.2 Å². The minimum absolute atomic E-state index is 0.144. The van der Waals surface area contributed by atoms with Gasteiger partial charge in [-0.1, -0.05) is 41.0 Å². The highest BCUT2D eigenvalue weighted by Gasteiger charge is 2.29. The van der Waals surface area contributed by atoms with Gasteiger partial charge in [0.15, 0.2) is 15.0 Å². The molecule has 1 aromatic carbocycles. The van der Waals surface area contributed by atoms with Crippen molar-refractivity contribution in [1.82, 2.24) is 14.8 Å². The van der Waals surface area contributed by atoms with E-state index in [-0.39, 0.29) is 17.4 Å². The van der Waals surface area contributed by atoms with Gasteiger partial charge in [-0.3, -0.25) is 0 Å². The van der Waals surface area contributed by atoms with Gasteiger partial charge in [0, 0.05) is 19.2 Å². The van der Waals surface area contributed by atoms with Gasteiger partial charge in [0.1, 0.15) is 5.82 Å². The Morgan fingerprint density at radius 1 is 1.29 bits per heavy atom. The van der Waals surface area contributed by atoms with Crippen LogP contribution in [0.3, 0.4) is 0 Å². The molecule has 0 amide bonds. The van der Waals surface area contributed by atoms with Crippen LogP contribution in [-0.2, 0) is 29.1 Å². The van der Waals surface area contributed by atoms with Crippen molar-refractivity contribution in [3.8, 4) is 0 Å². The van der Waals surface area contributed by atoms with Crippen molar-refractivity contribution in [2.45, 2.75) is 23.8 Å². The van der Waals surface area contributed by atoms with Crippen LogP contribution in [-0.4, -0.2) is 34.7 Å². The average Bonchev–Trinajstić information content (AvgIpc) is 3.04. The van der Waals surface area contributed by atoms with Crippen LogP contribution in [0.5, 0.6) is 0 Å². The van der Waals surface area contributed by atoms with Crippen LogP contribution in [0.1, 0.15) is 17.8 Å². The van der Waals surface area contributed by atoms with Gasteiger partial charge in [0.05, 0.1) is 21.6 Å². The second-order valence-corrected chi connectivity index (χ2v) is 9.95. The first-order chi connectivity index (χ1) is 11.3. The summed E-state index contributed by atoms with van der Waals surface area (Å²) in [6.45, 7) is 0. The van der Waals surface area contributed by atoms with E-state index in [1.54, 1.807) is 17.8 Å². The maximum atomic E-state index is 11.6. The lowest BCUT2D eigenvalue weighted by molar-refractivity contribution is 0.552. The van der Waals surface area contributed by atoms with E-state index >= 15 is 0 Å². The Morgan fingerprint density at radius 3 is 2.75 bits per heavy atom. The summed E-state index contributed by atoms with van der Waals surface area (Å²) in [6.07, 6.45) is 1.36. The smallest absolute Gasteiger partial charge is 0.191 e. The molecule has 1 aliphatic rings. The maximum absolute atomic E-state index is 11.6. The second kappa shape index (κ2) is 7.23. The molecule has 1 atom stereocenters. The fraction of sp³-hybridized carbons (Fsp3) is 0.467. The fourth-order valence-electron chi connectivity index (χ4n) is 2.72. The molecule has 1 fully saturated rings. The zero-order valence-electron chi connectivity index (χ0n) is 13.1. The van der Waals surface area contributed by atoms with E-state index < -0.39 is 9.84 Å². The van der Waals surface area contributed by atoms with E-state index in [9.17, 15) is 8.42 Å². The van der Waals surface area contributed by atoms with Crippen molar-refractivity contribution in [3.63, 3.8) is 0 Å². The molecule has 0 unspecified atom stereocenters. The predicted octanol–water partition coefficient (Wildman–Crippen LogP) is 3.39. The number of nitrogens with zero attached hydrogens (tertiary/aromatic N) is 3. The molecule has 0 N–H and O–H groups in total. The third kappa shape index (κ3) is 4.25. The number of thioether (sulfide) groups is 1. The number of rotatable bonds is 5. The van der Waals surface area contributed by atoms with Gasteiger partial charge in [-0.2, -0.15) is 0 Å². The van der Waals surface area contributed by atoms with Crippen molar-refractivity contribution in [3.05, 3.63) is 39.6 Å². The van der Waals surface area contributed by atoms with Gasteiger partial charge in [-0.05, 0) is 30.0 Å². The normalized spacial score (nSPS) is 19.7. The molecule has 1 saturated heterocycles.